The molecule has 1 fully saturated rings. The molecule has 0 radical (unpaired) electrons. The monoisotopic (exact) mass is 416 g/mol. The maximum Gasteiger partial charge on any atom is 0.254 e. The van der Waals surface area contributed by atoms with Crippen LogP contribution < -0.4 is 4.72 Å². The van der Waals surface area contributed by atoms with Gasteiger partial charge in [0.1, 0.15) is 5.76 Å². The Balaban J connectivity index is 1.59. The normalized spacial score (nSPS) is 14.1. The summed E-state index contributed by atoms with van der Waals surface area (Å²) in [5.41, 5.74) is 0.335. The molecular weight excluding hydrogens is 396 g/mol. The molecule has 0 bridgehead atoms. The predicted octanol–water partition coefficient (Wildman–Crippen LogP) is 3.62. The van der Waals surface area contributed by atoms with E-state index in [-0.39, 0.29) is 16.8 Å². The van der Waals surface area contributed by atoms with Gasteiger partial charge in [0.15, 0.2) is 0 Å². The Bertz CT molecular complexity index is 1000. The molecule has 1 aliphatic rings. The van der Waals surface area contributed by atoms with Crippen molar-refractivity contribution in [2.75, 3.05) is 0 Å². The highest BCUT2D eigenvalue weighted by Crippen LogP contribution is 2.23. The van der Waals surface area contributed by atoms with Crippen LogP contribution in [0, 0.1) is 0 Å². The van der Waals surface area contributed by atoms with Crippen LogP contribution in [0.4, 0.5) is 0 Å². The molecule has 4 rings (SSSR count). The maximum absolute atomic E-state index is 13.2. The van der Waals surface area contributed by atoms with Crippen LogP contribution in [0.25, 0.3) is 0 Å². The molecule has 2 heterocycles. The summed E-state index contributed by atoms with van der Waals surface area (Å²) in [6, 6.07) is 13.7. The van der Waals surface area contributed by atoms with Crippen LogP contribution in [0.5, 0.6) is 0 Å². The highest BCUT2D eigenvalue weighted by atomic mass is 32.2. The van der Waals surface area contributed by atoms with Crippen molar-refractivity contribution in [2.45, 2.75) is 36.9 Å². The quantitative estimate of drug-likeness (QED) is 0.608. The van der Waals surface area contributed by atoms with Gasteiger partial charge in [-0.2, -0.15) is 0 Å². The second-order valence-electron chi connectivity index (χ2n) is 6.74. The van der Waals surface area contributed by atoms with Crippen molar-refractivity contribution in [1.29, 1.82) is 0 Å². The molecule has 0 aliphatic heterocycles. The first-order valence-corrected chi connectivity index (χ1v) is 11.3. The van der Waals surface area contributed by atoms with Gasteiger partial charge in [-0.1, -0.05) is 12.1 Å². The van der Waals surface area contributed by atoms with Crippen molar-refractivity contribution in [3.05, 3.63) is 76.4 Å². The molecule has 3 aromatic rings. The number of carbonyl (C=O) groups excluding carboxylic acids is 1. The van der Waals surface area contributed by atoms with Gasteiger partial charge in [-0.15, -0.1) is 11.3 Å². The van der Waals surface area contributed by atoms with Gasteiger partial charge in [0.2, 0.25) is 10.0 Å². The van der Waals surface area contributed by atoms with Gasteiger partial charge in [0, 0.05) is 16.5 Å². The third kappa shape index (κ3) is 4.52. The van der Waals surface area contributed by atoms with Gasteiger partial charge in [0.25, 0.3) is 5.91 Å². The van der Waals surface area contributed by atoms with Crippen molar-refractivity contribution < 1.29 is 17.6 Å². The van der Waals surface area contributed by atoms with Crippen LogP contribution >= 0.6 is 11.3 Å². The molecule has 6 nitrogen and oxygen atoms in total. The summed E-state index contributed by atoms with van der Waals surface area (Å²) in [6.45, 7) is 0.732. The highest BCUT2D eigenvalue weighted by molar-refractivity contribution is 7.89. The molecule has 2 aromatic heterocycles. The van der Waals surface area contributed by atoms with Gasteiger partial charge >= 0.3 is 0 Å². The lowest BCUT2D eigenvalue weighted by atomic mass is 10.2. The first-order valence-electron chi connectivity index (χ1n) is 8.98. The van der Waals surface area contributed by atoms with E-state index in [9.17, 15) is 13.2 Å². The minimum Gasteiger partial charge on any atom is -0.467 e. The molecule has 28 heavy (non-hydrogen) atoms. The van der Waals surface area contributed by atoms with E-state index in [1.165, 1.54) is 12.1 Å². The second kappa shape index (κ2) is 7.90. The summed E-state index contributed by atoms with van der Waals surface area (Å²) in [5.74, 6) is 0.428. The SMILES string of the molecule is O=C(c1cccc(S(=O)(=O)NC2CC2)c1)N(Cc1ccco1)Cc1cccs1. The van der Waals surface area contributed by atoms with Gasteiger partial charge in [-0.3, -0.25) is 4.79 Å². The standard InChI is InChI=1S/C20H20N2O4S2/c23-20(15-4-1-7-19(12-15)28(24,25)21-16-8-9-16)22(13-17-5-2-10-26-17)14-18-6-3-11-27-18/h1-7,10-12,16,21H,8-9,13-14H2. The lowest BCUT2D eigenvalue weighted by Gasteiger charge is -2.21. The van der Waals surface area contributed by atoms with Gasteiger partial charge < -0.3 is 9.32 Å². The Morgan fingerprint density at radius 1 is 1.14 bits per heavy atom. The molecule has 8 heteroatoms. The number of nitrogens with zero attached hydrogens (tertiary/aromatic N) is 1. The summed E-state index contributed by atoms with van der Waals surface area (Å²) in [7, 11) is -3.62. The molecular formula is C20H20N2O4S2. The molecule has 0 unspecified atom stereocenters. The molecule has 1 N–H and O–H groups in total. The van der Waals surface area contributed by atoms with E-state index in [2.05, 4.69) is 4.72 Å². The number of thiophene rings is 1. The third-order valence-electron chi connectivity index (χ3n) is 4.43. The highest BCUT2D eigenvalue weighted by Gasteiger charge is 2.28. The molecule has 1 saturated carbocycles. The molecule has 0 spiro atoms. The van der Waals surface area contributed by atoms with E-state index in [1.54, 1.807) is 40.7 Å². The number of hydrogen-bond donors (Lipinski definition) is 1. The number of sulfonamides is 1. The van der Waals surface area contributed by atoms with Crippen molar-refractivity contribution in [3.8, 4) is 0 Å². The molecule has 1 aliphatic carbocycles. The van der Waals surface area contributed by atoms with Gasteiger partial charge in [-0.05, 0) is 54.6 Å². The molecule has 0 saturated heterocycles. The van der Waals surface area contributed by atoms with Gasteiger partial charge in [0.05, 0.1) is 24.2 Å². The lowest BCUT2D eigenvalue weighted by molar-refractivity contribution is 0.0719. The summed E-state index contributed by atoms with van der Waals surface area (Å²) < 4.78 is 33.0. The first-order chi connectivity index (χ1) is 13.5. The summed E-state index contributed by atoms with van der Waals surface area (Å²) in [6.07, 6.45) is 3.28. The van der Waals surface area contributed by atoms with Crippen LogP contribution in [0.1, 0.15) is 33.8 Å². The minimum absolute atomic E-state index is 0.0126. The third-order valence-corrected chi connectivity index (χ3v) is 6.81. The number of rotatable bonds is 8. The fraction of sp³-hybridized carbons (Fsp3) is 0.250. The topological polar surface area (TPSA) is 79.6 Å². The number of benzene rings is 1. The van der Waals surface area contributed by atoms with Crippen LogP contribution in [-0.2, 0) is 23.1 Å². The van der Waals surface area contributed by atoms with E-state index in [4.69, 9.17) is 4.42 Å². The minimum atomic E-state index is -3.62. The van der Waals surface area contributed by atoms with Gasteiger partial charge in [-0.25, -0.2) is 13.1 Å². The smallest absolute Gasteiger partial charge is 0.254 e. The Kier molecular flexibility index (Phi) is 5.34. The molecule has 146 valence electrons. The fourth-order valence-electron chi connectivity index (χ4n) is 2.85. The number of furan rings is 1. The first kappa shape index (κ1) is 18.9. The van der Waals surface area contributed by atoms with Crippen LogP contribution in [0.3, 0.4) is 0 Å². The largest absolute Gasteiger partial charge is 0.467 e. The number of hydrogen-bond acceptors (Lipinski definition) is 5. The van der Waals surface area contributed by atoms with Crippen molar-refractivity contribution in [3.63, 3.8) is 0 Å². The summed E-state index contributed by atoms with van der Waals surface area (Å²) >= 11 is 1.57. The molecule has 1 aromatic carbocycles. The molecule has 1 amide bonds. The fourth-order valence-corrected chi connectivity index (χ4v) is 4.92. The van der Waals surface area contributed by atoms with E-state index in [0.717, 1.165) is 17.7 Å². The molecule has 0 atom stereocenters. The Morgan fingerprint density at radius 2 is 2.00 bits per heavy atom. The number of carbonyl (C=O) groups is 1. The summed E-state index contributed by atoms with van der Waals surface area (Å²) in [4.78, 5) is 16.0. The Labute approximate surface area is 167 Å². The van der Waals surface area contributed by atoms with Crippen LogP contribution in [0.2, 0.25) is 0 Å². The zero-order chi connectivity index (χ0) is 19.6. The van der Waals surface area contributed by atoms with Crippen molar-refractivity contribution in [2.24, 2.45) is 0 Å². The van der Waals surface area contributed by atoms with E-state index < -0.39 is 10.0 Å². The van der Waals surface area contributed by atoms with Crippen molar-refractivity contribution >= 4 is 27.3 Å². The Morgan fingerprint density at radius 3 is 2.68 bits per heavy atom. The lowest BCUT2D eigenvalue weighted by Crippen LogP contribution is -2.30. The van der Waals surface area contributed by atoms with E-state index in [0.29, 0.717) is 24.4 Å². The van der Waals surface area contributed by atoms with Crippen molar-refractivity contribution in [1.82, 2.24) is 9.62 Å². The summed E-state index contributed by atoms with van der Waals surface area (Å²) in [5, 5.41) is 1.96. The predicted molar refractivity (Wildman–Crippen MR) is 106 cm³/mol. The average molecular weight is 417 g/mol. The maximum atomic E-state index is 13.2. The number of amides is 1. The van der Waals surface area contributed by atoms with E-state index in [1.807, 2.05) is 23.6 Å². The zero-order valence-electron chi connectivity index (χ0n) is 15.1. The Hall–Kier alpha value is -2.42. The number of nitrogens with one attached hydrogen (secondary N) is 1. The van der Waals surface area contributed by atoms with E-state index >= 15 is 0 Å². The van der Waals surface area contributed by atoms with Crippen LogP contribution in [0.15, 0.2) is 69.5 Å². The zero-order valence-corrected chi connectivity index (χ0v) is 16.7. The van der Waals surface area contributed by atoms with Crippen LogP contribution in [-0.4, -0.2) is 25.3 Å². The average Bonchev–Trinajstić information content (AvgIpc) is 3.13. The second-order valence-corrected chi connectivity index (χ2v) is 9.49.